The van der Waals surface area contributed by atoms with Crippen LogP contribution in [0.3, 0.4) is 0 Å². The number of hydrogen-bond donors (Lipinski definition) is 0. The molecule has 0 spiro atoms. The Kier molecular flexibility index (Phi) is 5.13. The summed E-state index contributed by atoms with van der Waals surface area (Å²) in [4.78, 5) is 25.1. The molecule has 0 N–H and O–H groups in total. The number of hydrogen-bond acceptors (Lipinski definition) is 7. The average molecular weight is 490 g/mol. The molecule has 3 heterocycles. The van der Waals surface area contributed by atoms with E-state index in [1.165, 1.54) is 6.33 Å². The van der Waals surface area contributed by atoms with E-state index in [1.54, 1.807) is 4.90 Å². The number of amides is 1. The first kappa shape index (κ1) is 19.7. The molecule has 0 radical (unpaired) electrons. The van der Waals surface area contributed by atoms with Crippen molar-refractivity contribution in [2.24, 2.45) is 0 Å². The van der Waals surface area contributed by atoms with Gasteiger partial charge in [-0.25, -0.2) is 18.4 Å². The Hall–Kier alpha value is -1.65. The number of rotatable bonds is 3. The first-order chi connectivity index (χ1) is 13.2. The number of carbonyl (C=O) groups is 1. The summed E-state index contributed by atoms with van der Waals surface area (Å²) in [6.45, 7) is 1.82. The van der Waals surface area contributed by atoms with Gasteiger partial charge in [0.05, 0.1) is 27.7 Å². The van der Waals surface area contributed by atoms with Gasteiger partial charge < -0.3 is 14.5 Å². The molecule has 11 heteroatoms. The first-order valence-corrected chi connectivity index (χ1v) is 12.0. The second kappa shape index (κ2) is 7.31. The van der Waals surface area contributed by atoms with Gasteiger partial charge in [0.2, 0.25) is 5.91 Å². The van der Waals surface area contributed by atoms with Crippen LogP contribution in [0.1, 0.15) is 6.42 Å². The number of carbonyl (C=O) groups excluding carboxylic acids is 1. The third kappa shape index (κ3) is 3.65. The molecule has 1 atom stereocenters. The Morgan fingerprint density at radius 2 is 2.18 bits per heavy atom. The molecule has 28 heavy (non-hydrogen) atoms. The topological polar surface area (TPSA) is 92.7 Å². The lowest BCUT2D eigenvalue weighted by atomic mass is 10.1. The summed E-state index contributed by atoms with van der Waals surface area (Å²) in [6.07, 6.45) is 2.63. The van der Waals surface area contributed by atoms with Crippen molar-refractivity contribution in [2.45, 2.75) is 12.5 Å². The summed E-state index contributed by atoms with van der Waals surface area (Å²) in [7, 11) is -3.18. The number of sulfone groups is 1. The maximum Gasteiger partial charge on any atom is 0.223 e. The molecule has 150 valence electrons. The Labute approximate surface area is 175 Å². The van der Waals surface area contributed by atoms with E-state index in [2.05, 4.69) is 30.8 Å². The fraction of sp³-hybridized carbons (Fsp3) is 0.471. The standard InChI is InChI=1S/C17H18BrClN4O4S/c1-28(25,26)5-2-13(24)22-3-4-23-10(7-22)8-27-16-14-12(6-11(18)15(16)19)20-9-21-17(14)23/h6,9-10H,2-5,7-8H2,1H3/t10-/m0/s1. The number of ether oxygens (including phenoxy) is 1. The molecule has 0 aliphatic carbocycles. The van der Waals surface area contributed by atoms with Crippen LogP contribution in [0.2, 0.25) is 5.02 Å². The third-order valence-corrected chi connectivity index (χ3v) is 7.15. The third-order valence-electron chi connectivity index (χ3n) is 4.97. The number of anilines is 1. The Morgan fingerprint density at radius 3 is 2.93 bits per heavy atom. The molecule has 2 aromatic rings. The van der Waals surface area contributed by atoms with Crippen LogP contribution in [0.25, 0.3) is 10.9 Å². The van der Waals surface area contributed by atoms with E-state index in [-0.39, 0.29) is 24.1 Å². The smallest absolute Gasteiger partial charge is 0.223 e. The van der Waals surface area contributed by atoms with E-state index >= 15 is 0 Å². The van der Waals surface area contributed by atoms with Gasteiger partial charge in [-0.1, -0.05) is 11.6 Å². The number of piperazine rings is 1. The molecule has 4 rings (SSSR count). The summed E-state index contributed by atoms with van der Waals surface area (Å²) in [6, 6.07) is 1.72. The number of benzene rings is 1. The lowest BCUT2D eigenvalue weighted by Gasteiger charge is -2.41. The summed E-state index contributed by atoms with van der Waals surface area (Å²) in [5.74, 6) is 0.959. The van der Waals surface area contributed by atoms with Gasteiger partial charge in [0, 0.05) is 36.8 Å². The Morgan fingerprint density at radius 1 is 1.39 bits per heavy atom. The van der Waals surface area contributed by atoms with Gasteiger partial charge >= 0.3 is 0 Å². The molecule has 1 saturated heterocycles. The summed E-state index contributed by atoms with van der Waals surface area (Å²) >= 11 is 9.88. The largest absolute Gasteiger partial charge is 0.489 e. The van der Waals surface area contributed by atoms with Crippen LogP contribution in [-0.4, -0.2) is 73.5 Å². The predicted molar refractivity (Wildman–Crippen MR) is 110 cm³/mol. The highest BCUT2D eigenvalue weighted by Crippen LogP contribution is 2.44. The highest BCUT2D eigenvalue weighted by molar-refractivity contribution is 9.10. The molecule has 0 saturated carbocycles. The Balaban J connectivity index is 1.62. The number of nitrogens with zero attached hydrogens (tertiary/aromatic N) is 4. The van der Waals surface area contributed by atoms with E-state index in [4.69, 9.17) is 16.3 Å². The number of fused-ring (bicyclic) bond motifs is 2. The quantitative estimate of drug-likeness (QED) is 0.650. The van der Waals surface area contributed by atoms with Crippen molar-refractivity contribution in [3.63, 3.8) is 0 Å². The lowest BCUT2D eigenvalue weighted by Crippen LogP contribution is -2.57. The molecule has 1 aromatic heterocycles. The Bertz CT molecular complexity index is 1060. The zero-order valence-corrected chi connectivity index (χ0v) is 18.2. The van der Waals surface area contributed by atoms with Gasteiger partial charge in [0.25, 0.3) is 0 Å². The molecular weight excluding hydrogens is 472 g/mol. The predicted octanol–water partition coefficient (Wildman–Crippen LogP) is 1.89. The van der Waals surface area contributed by atoms with Crippen LogP contribution < -0.4 is 9.64 Å². The molecule has 1 aromatic carbocycles. The van der Waals surface area contributed by atoms with Gasteiger partial charge in [0.15, 0.2) is 5.75 Å². The first-order valence-electron chi connectivity index (χ1n) is 8.72. The average Bonchev–Trinajstić information content (AvgIpc) is 2.81. The van der Waals surface area contributed by atoms with Crippen molar-refractivity contribution in [1.29, 1.82) is 0 Å². The molecule has 2 aliphatic rings. The summed E-state index contributed by atoms with van der Waals surface area (Å²) in [5.41, 5.74) is 0.726. The van der Waals surface area contributed by atoms with Crippen LogP contribution in [-0.2, 0) is 14.6 Å². The van der Waals surface area contributed by atoms with E-state index in [0.717, 1.165) is 23.0 Å². The van der Waals surface area contributed by atoms with Crippen LogP contribution in [0.15, 0.2) is 16.9 Å². The minimum absolute atomic E-state index is 0.0108. The molecule has 1 fully saturated rings. The zero-order chi connectivity index (χ0) is 20.1. The normalized spacial score (nSPS) is 19.2. The van der Waals surface area contributed by atoms with Crippen molar-refractivity contribution in [1.82, 2.24) is 14.9 Å². The maximum atomic E-state index is 12.5. The monoisotopic (exact) mass is 488 g/mol. The summed E-state index contributed by atoms with van der Waals surface area (Å²) < 4.78 is 29.4. The van der Waals surface area contributed by atoms with Gasteiger partial charge in [0.1, 0.15) is 28.6 Å². The molecule has 0 bridgehead atoms. The SMILES string of the molecule is CS(=O)(=O)CCC(=O)N1CCN2c3ncnc4cc(Br)c(Cl)c(c34)OC[C@@H]2C1. The molecule has 2 aliphatic heterocycles. The minimum Gasteiger partial charge on any atom is -0.489 e. The second-order valence-electron chi connectivity index (χ2n) is 6.97. The zero-order valence-electron chi connectivity index (χ0n) is 15.1. The highest BCUT2D eigenvalue weighted by Gasteiger charge is 2.35. The van der Waals surface area contributed by atoms with Crippen LogP contribution in [0, 0.1) is 0 Å². The fourth-order valence-corrected chi connectivity index (χ4v) is 4.73. The second-order valence-corrected chi connectivity index (χ2v) is 10.5. The van der Waals surface area contributed by atoms with Crippen molar-refractivity contribution in [3.05, 3.63) is 21.9 Å². The molecule has 8 nitrogen and oxygen atoms in total. The van der Waals surface area contributed by atoms with Crippen molar-refractivity contribution in [3.8, 4) is 5.75 Å². The molecule has 0 unspecified atom stereocenters. The van der Waals surface area contributed by atoms with Crippen LogP contribution >= 0.6 is 27.5 Å². The number of aromatic nitrogens is 2. The van der Waals surface area contributed by atoms with Gasteiger partial charge in [-0.15, -0.1) is 0 Å². The van der Waals surface area contributed by atoms with Crippen LogP contribution in [0.4, 0.5) is 5.82 Å². The van der Waals surface area contributed by atoms with Gasteiger partial charge in [-0.05, 0) is 22.0 Å². The highest BCUT2D eigenvalue weighted by atomic mass is 79.9. The van der Waals surface area contributed by atoms with E-state index < -0.39 is 9.84 Å². The van der Waals surface area contributed by atoms with E-state index in [0.29, 0.717) is 41.5 Å². The fourth-order valence-electron chi connectivity index (χ4n) is 3.59. The molecular formula is C17H18BrClN4O4S. The van der Waals surface area contributed by atoms with Crippen molar-refractivity contribution < 1.29 is 17.9 Å². The minimum atomic E-state index is -3.18. The summed E-state index contributed by atoms with van der Waals surface area (Å²) in [5, 5.41) is 1.22. The van der Waals surface area contributed by atoms with E-state index in [9.17, 15) is 13.2 Å². The number of halogens is 2. The maximum absolute atomic E-state index is 12.5. The molecule has 1 amide bonds. The van der Waals surface area contributed by atoms with Crippen molar-refractivity contribution in [2.75, 3.05) is 43.1 Å². The van der Waals surface area contributed by atoms with E-state index in [1.807, 2.05) is 6.07 Å². The van der Waals surface area contributed by atoms with Crippen molar-refractivity contribution >= 4 is 60.0 Å². The van der Waals surface area contributed by atoms with Crippen LogP contribution in [0.5, 0.6) is 5.75 Å². The van der Waals surface area contributed by atoms with Gasteiger partial charge in [-0.2, -0.15) is 0 Å². The lowest BCUT2D eigenvalue weighted by molar-refractivity contribution is -0.131. The van der Waals surface area contributed by atoms with Gasteiger partial charge in [-0.3, -0.25) is 4.79 Å².